The number of aromatic nitrogens is 2. The van der Waals surface area contributed by atoms with Crippen LogP contribution in [0.2, 0.25) is 0 Å². The number of hydrogen-bond acceptors (Lipinski definition) is 7. The number of amides is 2. The van der Waals surface area contributed by atoms with Gasteiger partial charge < -0.3 is 20.1 Å². The van der Waals surface area contributed by atoms with E-state index in [1.807, 2.05) is 22.0 Å². The number of thiazole rings is 1. The lowest BCUT2D eigenvalue weighted by Crippen LogP contribution is -2.21. The van der Waals surface area contributed by atoms with Crippen LogP contribution in [0.25, 0.3) is 4.96 Å². The Morgan fingerprint density at radius 1 is 1.06 bits per heavy atom. The quantitative estimate of drug-likeness (QED) is 0.387. The molecule has 0 aliphatic rings. The molecule has 4 aromatic rings. The van der Waals surface area contributed by atoms with E-state index in [9.17, 15) is 14.4 Å². The average molecular weight is 465 g/mol. The van der Waals surface area contributed by atoms with E-state index in [-0.39, 0.29) is 12.3 Å². The van der Waals surface area contributed by atoms with Crippen LogP contribution in [0.4, 0.5) is 11.4 Å². The van der Waals surface area contributed by atoms with Gasteiger partial charge in [0.1, 0.15) is 5.75 Å². The highest BCUT2D eigenvalue weighted by molar-refractivity contribution is 7.15. The van der Waals surface area contributed by atoms with Gasteiger partial charge in [-0.05, 0) is 36.4 Å². The van der Waals surface area contributed by atoms with Gasteiger partial charge in [0, 0.05) is 29.0 Å². The Kier molecular flexibility index (Phi) is 6.65. The summed E-state index contributed by atoms with van der Waals surface area (Å²) in [5.41, 5.74) is 2.01. The van der Waals surface area contributed by atoms with E-state index in [1.54, 1.807) is 48.7 Å². The van der Waals surface area contributed by atoms with Crippen molar-refractivity contribution < 1.29 is 23.9 Å². The molecule has 168 valence electrons. The zero-order valence-corrected chi connectivity index (χ0v) is 18.4. The van der Waals surface area contributed by atoms with Gasteiger partial charge in [-0.25, -0.2) is 4.98 Å². The summed E-state index contributed by atoms with van der Waals surface area (Å²) < 4.78 is 12.1. The number of para-hydroxylation sites is 2. The number of carbonyl (C=O) groups is 3. The third-order valence-corrected chi connectivity index (χ3v) is 5.39. The predicted molar refractivity (Wildman–Crippen MR) is 124 cm³/mol. The maximum Gasteiger partial charge on any atom is 0.312 e. The van der Waals surface area contributed by atoms with Crippen molar-refractivity contribution in [1.82, 2.24) is 9.38 Å². The molecule has 0 unspecified atom stereocenters. The minimum Gasteiger partial charge on any atom is -0.495 e. The number of fused-ring (bicyclic) bond motifs is 1. The number of nitrogens with one attached hydrogen (secondary N) is 2. The number of ether oxygens (including phenoxy) is 2. The van der Waals surface area contributed by atoms with Gasteiger partial charge >= 0.3 is 5.97 Å². The molecule has 10 heteroatoms. The SMILES string of the molecule is COc1ccccc1NC(=O)c1ccc(NC(=O)COC(=O)Cc2cn3ccsc3n2)cc1. The molecule has 2 aromatic carbocycles. The molecule has 0 saturated heterocycles. The Morgan fingerprint density at radius 3 is 2.61 bits per heavy atom. The topological polar surface area (TPSA) is 111 Å². The smallest absolute Gasteiger partial charge is 0.312 e. The molecule has 0 atom stereocenters. The van der Waals surface area contributed by atoms with E-state index in [1.165, 1.54) is 18.4 Å². The number of nitrogens with zero attached hydrogens (tertiary/aromatic N) is 2. The molecule has 2 aromatic heterocycles. The Hall–Kier alpha value is -4.18. The van der Waals surface area contributed by atoms with E-state index in [4.69, 9.17) is 9.47 Å². The molecule has 0 fully saturated rings. The van der Waals surface area contributed by atoms with Crippen molar-refractivity contribution in [2.45, 2.75) is 6.42 Å². The monoisotopic (exact) mass is 464 g/mol. The normalized spacial score (nSPS) is 10.6. The Labute approximate surface area is 193 Å². The van der Waals surface area contributed by atoms with Gasteiger partial charge in [-0.2, -0.15) is 0 Å². The summed E-state index contributed by atoms with van der Waals surface area (Å²) in [6, 6.07) is 13.4. The van der Waals surface area contributed by atoms with E-state index >= 15 is 0 Å². The summed E-state index contributed by atoms with van der Waals surface area (Å²) in [6.07, 6.45) is 3.58. The Bertz CT molecular complexity index is 1270. The van der Waals surface area contributed by atoms with Crippen LogP contribution in [0, 0.1) is 0 Å². The third kappa shape index (κ3) is 5.55. The second kappa shape index (κ2) is 9.96. The van der Waals surface area contributed by atoms with Crippen molar-refractivity contribution in [3.63, 3.8) is 0 Å². The van der Waals surface area contributed by atoms with Crippen LogP contribution >= 0.6 is 11.3 Å². The molecule has 2 N–H and O–H groups in total. The van der Waals surface area contributed by atoms with E-state index in [0.717, 1.165) is 4.96 Å². The van der Waals surface area contributed by atoms with Gasteiger partial charge in [0.25, 0.3) is 11.8 Å². The maximum atomic E-state index is 12.5. The van der Waals surface area contributed by atoms with Gasteiger partial charge in [-0.15, -0.1) is 11.3 Å². The summed E-state index contributed by atoms with van der Waals surface area (Å²) in [4.78, 5) is 41.6. The number of methoxy groups -OCH3 is 1. The molecule has 0 bridgehead atoms. The summed E-state index contributed by atoms with van der Waals surface area (Å²) >= 11 is 1.46. The first-order valence-corrected chi connectivity index (χ1v) is 10.8. The minimum atomic E-state index is -0.542. The van der Waals surface area contributed by atoms with Crippen molar-refractivity contribution >= 4 is 45.5 Å². The first-order chi connectivity index (χ1) is 16.0. The van der Waals surface area contributed by atoms with Gasteiger partial charge in [0.15, 0.2) is 11.6 Å². The fourth-order valence-electron chi connectivity index (χ4n) is 3.05. The van der Waals surface area contributed by atoms with Crippen molar-refractivity contribution in [1.29, 1.82) is 0 Å². The predicted octanol–water partition coefficient (Wildman–Crippen LogP) is 3.38. The molecule has 0 spiro atoms. The fourth-order valence-corrected chi connectivity index (χ4v) is 3.77. The van der Waals surface area contributed by atoms with Crippen molar-refractivity contribution in [3.05, 3.63) is 77.6 Å². The molecule has 0 radical (unpaired) electrons. The van der Waals surface area contributed by atoms with Crippen LogP contribution in [0.15, 0.2) is 66.3 Å². The van der Waals surface area contributed by atoms with Gasteiger partial charge in [-0.1, -0.05) is 12.1 Å². The summed E-state index contributed by atoms with van der Waals surface area (Å²) in [5, 5.41) is 7.31. The van der Waals surface area contributed by atoms with Crippen molar-refractivity contribution in [3.8, 4) is 5.75 Å². The molecular formula is C23H20N4O5S. The second-order valence-electron chi connectivity index (χ2n) is 6.94. The van der Waals surface area contributed by atoms with Crippen LogP contribution in [0.3, 0.4) is 0 Å². The van der Waals surface area contributed by atoms with Crippen molar-refractivity contribution in [2.75, 3.05) is 24.4 Å². The number of hydrogen-bond donors (Lipinski definition) is 2. The highest BCUT2D eigenvalue weighted by Gasteiger charge is 2.13. The van der Waals surface area contributed by atoms with Crippen LogP contribution < -0.4 is 15.4 Å². The second-order valence-corrected chi connectivity index (χ2v) is 7.82. The lowest BCUT2D eigenvalue weighted by molar-refractivity contribution is -0.146. The van der Waals surface area contributed by atoms with E-state index in [0.29, 0.717) is 28.4 Å². The first kappa shape index (κ1) is 22.0. The molecule has 0 saturated carbocycles. The van der Waals surface area contributed by atoms with Crippen LogP contribution in [0.1, 0.15) is 16.1 Å². The minimum absolute atomic E-state index is 0.0162. The molecule has 2 heterocycles. The third-order valence-electron chi connectivity index (χ3n) is 4.62. The molecule has 4 rings (SSSR count). The lowest BCUT2D eigenvalue weighted by atomic mass is 10.2. The molecule has 2 amide bonds. The number of benzene rings is 2. The zero-order valence-electron chi connectivity index (χ0n) is 17.6. The average Bonchev–Trinajstić information content (AvgIpc) is 3.40. The Morgan fingerprint density at radius 2 is 1.85 bits per heavy atom. The molecule has 9 nitrogen and oxygen atoms in total. The van der Waals surface area contributed by atoms with E-state index in [2.05, 4.69) is 15.6 Å². The largest absolute Gasteiger partial charge is 0.495 e. The van der Waals surface area contributed by atoms with Gasteiger partial charge in [0.2, 0.25) is 0 Å². The number of imidazole rings is 1. The number of carbonyl (C=O) groups excluding carboxylic acids is 3. The number of rotatable bonds is 8. The summed E-state index contributed by atoms with van der Waals surface area (Å²) in [7, 11) is 1.53. The van der Waals surface area contributed by atoms with Crippen LogP contribution in [-0.4, -0.2) is 40.9 Å². The van der Waals surface area contributed by atoms with Crippen LogP contribution in [0.5, 0.6) is 5.75 Å². The lowest BCUT2D eigenvalue weighted by Gasteiger charge is -2.10. The maximum absolute atomic E-state index is 12.5. The highest BCUT2D eigenvalue weighted by Crippen LogP contribution is 2.24. The van der Waals surface area contributed by atoms with Gasteiger partial charge in [0.05, 0.1) is 24.9 Å². The van der Waals surface area contributed by atoms with E-state index < -0.39 is 18.5 Å². The molecule has 33 heavy (non-hydrogen) atoms. The summed E-state index contributed by atoms with van der Waals surface area (Å²) in [5.74, 6) is -0.790. The number of anilines is 2. The first-order valence-electron chi connectivity index (χ1n) is 9.93. The highest BCUT2D eigenvalue weighted by atomic mass is 32.1. The van der Waals surface area contributed by atoms with Gasteiger partial charge in [-0.3, -0.25) is 18.8 Å². The zero-order chi connectivity index (χ0) is 23.2. The fraction of sp³-hybridized carbons (Fsp3) is 0.130. The molecular weight excluding hydrogens is 444 g/mol. The summed E-state index contributed by atoms with van der Waals surface area (Å²) in [6.45, 7) is -0.420. The van der Waals surface area contributed by atoms with Crippen molar-refractivity contribution in [2.24, 2.45) is 0 Å². The molecule has 0 aliphatic carbocycles. The standard InChI is InChI=1S/C23H20N4O5S/c1-31-19-5-3-2-4-18(19)26-22(30)15-6-8-16(9-7-15)24-20(28)14-32-21(29)12-17-13-27-10-11-33-23(27)25-17/h2-11,13H,12,14H2,1H3,(H,24,28)(H,26,30). The van der Waals surface area contributed by atoms with Crippen LogP contribution in [-0.2, 0) is 20.7 Å². The Balaban J connectivity index is 1.25. The number of esters is 1. The molecule has 0 aliphatic heterocycles.